The zero-order valence-electron chi connectivity index (χ0n) is 5.62. The summed E-state index contributed by atoms with van der Waals surface area (Å²) in [5, 5.41) is 29.2. The minimum absolute atomic E-state index is 0.186. The molecule has 1 fully saturated rings. The molecule has 1 rings (SSSR count). The van der Waals surface area contributed by atoms with Crippen LogP contribution in [0.4, 0.5) is 0 Å². The number of aliphatic hydroxyl groups excluding tert-OH is 3. The Hall–Kier alpha value is -0.560. The SMILES string of the molecule is O=NC1C(O)COC(O)[C@H]1O. The van der Waals surface area contributed by atoms with Gasteiger partial charge in [0.05, 0.1) is 6.61 Å². The average molecular weight is 163 g/mol. The zero-order valence-corrected chi connectivity index (χ0v) is 5.62. The average Bonchev–Trinajstić information content (AvgIpc) is 1.99. The van der Waals surface area contributed by atoms with E-state index in [9.17, 15) is 4.91 Å². The molecule has 1 aliphatic heterocycles. The maximum atomic E-state index is 9.99. The van der Waals surface area contributed by atoms with Crippen LogP contribution in [0, 0.1) is 4.91 Å². The molecule has 0 aromatic carbocycles. The van der Waals surface area contributed by atoms with Gasteiger partial charge in [-0.2, -0.15) is 4.91 Å². The molecule has 64 valence electrons. The van der Waals surface area contributed by atoms with E-state index in [-0.39, 0.29) is 6.61 Å². The molecule has 3 unspecified atom stereocenters. The van der Waals surface area contributed by atoms with Crippen molar-refractivity contribution < 1.29 is 20.1 Å². The molecule has 1 aliphatic rings. The van der Waals surface area contributed by atoms with Crippen molar-refractivity contribution in [2.75, 3.05) is 6.61 Å². The molecule has 0 radical (unpaired) electrons. The maximum absolute atomic E-state index is 9.99. The molecule has 3 N–H and O–H groups in total. The first-order valence-electron chi connectivity index (χ1n) is 3.15. The van der Waals surface area contributed by atoms with Crippen molar-refractivity contribution in [3.05, 3.63) is 4.91 Å². The first-order valence-corrected chi connectivity index (χ1v) is 3.15. The number of nitrogens with zero attached hydrogens (tertiary/aromatic N) is 1. The summed E-state index contributed by atoms with van der Waals surface area (Å²) in [6.45, 7) is -0.186. The van der Waals surface area contributed by atoms with Gasteiger partial charge in [0.25, 0.3) is 0 Å². The Labute approximate surface area is 62.4 Å². The molecule has 0 aromatic heterocycles. The smallest absolute Gasteiger partial charge is 0.183 e. The van der Waals surface area contributed by atoms with Crippen molar-refractivity contribution in [3.63, 3.8) is 0 Å². The van der Waals surface area contributed by atoms with E-state index in [1.807, 2.05) is 0 Å². The van der Waals surface area contributed by atoms with Gasteiger partial charge in [-0.25, -0.2) is 0 Å². The second kappa shape index (κ2) is 3.22. The highest BCUT2D eigenvalue weighted by Crippen LogP contribution is 2.16. The Balaban J connectivity index is 2.62. The first-order chi connectivity index (χ1) is 5.16. The van der Waals surface area contributed by atoms with Crippen molar-refractivity contribution in [2.24, 2.45) is 5.18 Å². The first kappa shape index (κ1) is 8.54. The lowest BCUT2D eigenvalue weighted by Gasteiger charge is -2.30. The highest BCUT2D eigenvalue weighted by molar-refractivity contribution is 4.87. The minimum atomic E-state index is -1.43. The summed E-state index contributed by atoms with van der Waals surface area (Å²) >= 11 is 0. The van der Waals surface area contributed by atoms with Crippen molar-refractivity contribution in [2.45, 2.75) is 24.5 Å². The predicted molar refractivity (Wildman–Crippen MR) is 33.6 cm³/mol. The third-order valence-electron chi connectivity index (χ3n) is 1.60. The number of aliphatic hydroxyl groups is 3. The van der Waals surface area contributed by atoms with Crippen LogP contribution in [0.25, 0.3) is 0 Å². The molecule has 4 atom stereocenters. The molecule has 6 nitrogen and oxygen atoms in total. The molecule has 6 heteroatoms. The summed E-state index contributed by atoms with van der Waals surface area (Å²) in [6, 6.07) is -1.20. The van der Waals surface area contributed by atoms with Gasteiger partial charge < -0.3 is 20.1 Å². The van der Waals surface area contributed by atoms with Gasteiger partial charge in [0.1, 0.15) is 12.2 Å². The lowest BCUT2D eigenvalue weighted by atomic mass is 10.0. The summed E-state index contributed by atoms with van der Waals surface area (Å²) in [5.41, 5.74) is 0. The summed E-state index contributed by atoms with van der Waals surface area (Å²) in [5.74, 6) is 0. The van der Waals surface area contributed by atoms with Gasteiger partial charge in [-0.15, -0.1) is 0 Å². The zero-order chi connectivity index (χ0) is 8.43. The Morgan fingerprint density at radius 2 is 2.00 bits per heavy atom. The Morgan fingerprint density at radius 1 is 1.36 bits per heavy atom. The molecule has 1 heterocycles. The highest BCUT2D eigenvalue weighted by Gasteiger charge is 2.38. The van der Waals surface area contributed by atoms with Crippen molar-refractivity contribution >= 4 is 0 Å². The van der Waals surface area contributed by atoms with Crippen LogP contribution in [-0.2, 0) is 4.74 Å². The third kappa shape index (κ3) is 1.54. The standard InChI is InChI=1S/C5H9NO5/c7-2-1-11-5(9)4(8)3(2)6-10/h2-5,7-9H,1H2/t2?,3?,4-,5?/m0/s1. The highest BCUT2D eigenvalue weighted by atomic mass is 16.6. The Morgan fingerprint density at radius 3 is 2.45 bits per heavy atom. The van der Waals surface area contributed by atoms with E-state index in [1.165, 1.54) is 0 Å². The van der Waals surface area contributed by atoms with Gasteiger partial charge in [-0.3, -0.25) is 0 Å². The molecule has 0 bridgehead atoms. The van der Waals surface area contributed by atoms with Gasteiger partial charge in [0, 0.05) is 0 Å². The number of hydrogen-bond acceptors (Lipinski definition) is 6. The van der Waals surface area contributed by atoms with Crippen molar-refractivity contribution in [3.8, 4) is 0 Å². The molecule has 0 amide bonds. The van der Waals surface area contributed by atoms with E-state index >= 15 is 0 Å². The summed E-state index contributed by atoms with van der Waals surface area (Å²) in [7, 11) is 0. The van der Waals surface area contributed by atoms with Crippen LogP contribution < -0.4 is 0 Å². The fourth-order valence-electron chi connectivity index (χ4n) is 0.923. The summed E-state index contributed by atoms with van der Waals surface area (Å²) in [4.78, 5) is 9.99. The van der Waals surface area contributed by atoms with Crippen molar-refractivity contribution in [1.82, 2.24) is 0 Å². The van der Waals surface area contributed by atoms with E-state index in [1.54, 1.807) is 0 Å². The Kier molecular flexibility index (Phi) is 2.50. The van der Waals surface area contributed by atoms with E-state index in [0.717, 1.165) is 0 Å². The molecule has 1 saturated heterocycles. The molecular formula is C5H9NO5. The van der Waals surface area contributed by atoms with Crippen molar-refractivity contribution in [1.29, 1.82) is 0 Å². The largest absolute Gasteiger partial charge is 0.388 e. The third-order valence-corrected chi connectivity index (χ3v) is 1.60. The van der Waals surface area contributed by atoms with Crippen LogP contribution in [0.2, 0.25) is 0 Å². The predicted octanol–water partition coefficient (Wildman–Crippen LogP) is -1.81. The number of rotatable bonds is 1. The lowest BCUT2D eigenvalue weighted by Crippen LogP contribution is -2.51. The molecule has 0 spiro atoms. The van der Waals surface area contributed by atoms with Crippen LogP contribution >= 0.6 is 0 Å². The van der Waals surface area contributed by atoms with Gasteiger partial charge in [0.15, 0.2) is 12.3 Å². The van der Waals surface area contributed by atoms with Gasteiger partial charge >= 0.3 is 0 Å². The topological polar surface area (TPSA) is 99.4 Å². The van der Waals surface area contributed by atoms with Crippen LogP contribution in [0.3, 0.4) is 0 Å². The molecule has 11 heavy (non-hydrogen) atoms. The fourth-order valence-corrected chi connectivity index (χ4v) is 0.923. The van der Waals surface area contributed by atoms with Gasteiger partial charge in [-0.05, 0) is 0 Å². The Bertz CT molecular complexity index is 152. The molecule has 0 aromatic rings. The minimum Gasteiger partial charge on any atom is -0.388 e. The second-order valence-corrected chi connectivity index (χ2v) is 2.38. The molecule has 0 saturated carbocycles. The summed E-state index contributed by atoms with van der Waals surface area (Å²) in [6.07, 6.45) is -4.00. The van der Waals surface area contributed by atoms with Gasteiger partial charge in [-0.1, -0.05) is 5.18 Å². The van der Waals surface area contributed by atoms with Crippen LogP contribution in [0.15, 0.2) is 5.18 Å². The number of nitroso groups, excluding NO2 is 1. The number of ether oxygens (including phenoxy) is 1. The second-order valence-electron chi connectivity index (χ2n) is 2.38. The monoisotopic (exact) mass is 163 g/mol. The molecular weight excluding hydrogens is 154 g/mol. The van der Waals surface area contributed by atoms with E-state index in [2.05, 4.69) is 9.91 Å². The quantitative estimate of drug-likeness (QED) is 0.396. The lowest BCUT2D eigenvalue weighted by molar-refractivity contribution is -0.219. The van der Waals surface area contributed by atoms with Crippen LogP contribution in [0.5, 0.6) is 0 Å². The van der Waals surface area contributed by atoms with E-state index < -0.39 is 24.5 Å². The molecule has 0 aliphatic carbocycles. The maximum Gasteiger partial charge on any atom is 0.183 e. The summed E-state index contributed by atoms with van der Waals surface area (Å²) < 4.78 is 4.49. The fraction of sp³-hybridized carbons (Fsp3) is 1.00. The van der Waals surface area contributed by atoms with Crippen LogP contribution in [0.1, 0.15) is 0 Å². The van der Waals surface area contributed by atoms with E-state index in [0.29, 0.717) is 0 Å². The van der Waals surface area contributed by atoms with Gasteiger partial charge in [0.2, 0.25) is 0 Å². The number of hydrogen-bond donors (Lipinski definition) is 3. The van der Waals surface area contributed by atoms with Crippen LogP contribution in [-0.4, -0.2) is 46.5 Å². The van der Waals surface area contributed by atoms with E-state index in [4.69, 9.17) is 15.3 Å². The normalized spacial score (nSPS) is 45.4.